The fourth-order valence-corrected chi connectivity index (χ4v) is 3.60. The largest absolute Gasteiger partial charge is 0.356 e. The first-order valence-electron chi connectivity index (χ1n) is 7.00. The first kappa shape index (κ1) is 14.9. The lowest BCUT2D eigenvalue weighted by molar-refractivity contribution is -0.119. The quantitative estimate of drug-likeness (QED) is 0.825. The van der Waals surface area contributed by atoms with Gasteiger partial charge in [0.25, 0.3) is 5.91 Å². The molecule has 2 aliphatic rings. The van der Waals surface area contributed by atoms with E-state index in [9.17, 15) is 9.59 Å². The second kappa shape index (κ2) is 5.61. The zero-order valence-electron chi connectivity index (χ0n) is 11.5. The summed E-state index contributed by atoms with van der Waals surface area (Å²) < 4.78 is 0.731. The van der Waals surface area contributed by atoms with Crippen molar-refractivity contribution in [2.75, 3.05) is 19.6 Å². The van der Waals surface area contributed by atoms with E-state index >= 15 is 0 Å². The van der Waals surface area contributed by atoms with Gasteiger partial charge in [0.05, 0.1) is 5.02 Å². The van der Waals surface area contributed by atoms with Gasteiger partial charge in [-0.2, -0.15) is 0 Å². The van der Waals surface area contributed by atoms with Crippen LogP contribution in [0.3, 0.4) is 0 Å². The van der Waals surface area contributed by atoms with Gasteiger partial charge < -0.3 is 10.2 Å². The van der Waals surface area contributed by atoms with Crippen LogP contribution in [0.1, 0.15) is 29.6 Å². The Morgan fingerprint density at radius 1 is 1.33 bits per heavy atom. The first-order valence-corrected chi connectivity index (χ1v) is 8.17. The highest BCUT2D eigenvalue weighted by molar-refractivity contribution is 9.10. The van der Waals surface area contributed by atoms with Crippen molar-refractivity contribution in [3.8, 4) is 0 Å². The number of amides is 2. The first-order chi connectivity index (χ1) is 9.99. The monoisotopic (exact) mass is 370 g/mol. The number of nitrogens with zero attached hydrogens (tertiary/aromatic N) is 1. The lowest BCUT2D eigenvalue weighted by Gasteiger charge is -2.38. The summed E-state index contributed by atoms with van der Waals surface area (Å²) in [6, 6.07) is 5.24. The van der Waals surface area contributed by atoms with Gasteiger partial charge in [0, 0.05) is 36.1 Å². The molecule has 0 unspecified atom stereocenters. The molecular formula is C15H16BrClN2O2. The van der Waals surface area contributed by atoms with E-state index in [0.29, 0.717) is 30.1 Å². The van der Waals surface area contributed by atoms with E-state index < -0.39 is 0 Å². The van der Waals surface area contributed by atoms with Gasteiger partial charge in [-0.05, 0) is 52.4 Å². The van der Waals surface area contributed by atoms with Crippen molar-refractivity contribution in [2.24, 2.45) is 5.41 Å². The minimum Gasteiger partial charge on any atom is -0.356 e. The van der Waals surface area contributed by atoms with Crippen LogP contribution in [0.4, 0.5) is 0 Å². The molecule has 0 saturated carbocycles. The van der Waals surface area contributed by atoms with Gasteiger partial charge in [0.1, 0.15) is 0 Å². The molecule has 2 fully saturated rings. The van der Waals surface area contributed by atoms with Gasteiger partial charge in [-0.15, -0.1) is 0 Å². The number of carbonyl (C=O) groups excluding carboxylic acids is 2. The van der Waals surface area contributed by atoms with Gasteiger partial charge in [-0.1, -0.05) is 11.6 Å². The van der Waals surface area contributed by atoms with Crippen molar-refractivity contribution in [1.29, 1.82) is 0 Å². The van der Waals surface area contributed by atoms with E-state index in [1.165, 1.54) is 0 Å². The number of hydrogen-bond donors (Lipinski definition) is 1. The summed E-state index contributed by atoms with van der Waals surface area (Å²) in [5.41, 5.74) is 0.705. The molecule has 2 heterocycles. The highest BCUT2D eigenvalue weighted by atomic mass is 79.9. The zero-order chi connectivity index (χ0) is 15.0. The number of benzene rings is 1. The zero-order valence-corrected chi connectivity index (χ0v) is 13.8. The van der Waals surface area contributed by atoms with Crippen LogP contribution in [0.2, 0.25) is 5.02 Å². The van der Waals surface area contributed by atoms with Crippen LogP contribution in [-0.2, 0) is 4.79 Å². The maximum absolute atomic E-state index is 12.5. The highest BCUT2D eigenvalue weighted by Crippen LogP contribution is 2.37. The van der Waals surface area contributed by atoms with Crippen molar-refractivity contribution in [1.82, 2.24) is 10.2 Å². The predicted octanol–water partition coefficient (Wildman–Crippen LogP) is 2.84. The number of likely N-dealkylation sites (tertiary alicyclic amines) is 1. The molecule has 2 saturated heterocycles. The Morgan fingerprint density at radius 3 is 2.62 bits per heavy atom. The second-order valence-electron chi connectivity index (χ2n) is 5.87. The van der Waals surface area contributed by atoms with E-state index in [2.05, 4.69) is 21.2 Å². The van der Waals surface area contributed by atoms with Crippen LogP contribution in [-0.4, -0.2) is 36.3 Å². The normalized spacial score (nSPS) is 20.7. The minimum atomic E-state index is 0.0273. The van der Waals surface area contributed by atoms with Gasteiger partial charge >= 0.3 is 0 Å². The Kier molecular flexibility index (Phi) is 3.97. The molecule has 0 aromatic heterocycles. The molecule has 6 heteroatoms. The van der Waals surface area contributed by atoms with Crippen molar-refractivity contribution in [3.63, 3.8) is 0 Å². The fourth-order valence-electron chi connectivity index (χ4n) is 3.10. The Bertz CT molecular complexity index is 597. The van der Waals surface area contributed by atoms with Crippen LogP contribution < -0.4 is 5.32 Å². The third-order valence-electron chi connectivity index (χ3n) is 4.47. The van der Waals surface area contributed by atoms with Crippen LogP contribution in [0.5, 0.6) is 0 Å². The van der Waals surface area contributed by atoms with E-state index in [-0.39, 0.29) is 17.2 Å². The van der Waals surface area contributed by atoms with Gasteiger partial charge in [0.2, 0.25) is 5.91 Å². The van der Waals surface area contributed by atoms with Crippen LogP contribution in [0, 0.1) is 5.41 Å². The number of rotatable bonds is 1. The standard InChI is InChI=1S/C15H16BrClN2O2/c16-11-7-10(1-2-12(11)17)14(21)19-5-3-15(4-6-19)8-13(20)18-9-15/h1-2,7H,3-6,8-9H2,(H,18,20). The minimum absolute atomic E-state index is 0.0273. The van der Waals surface area contributed by atoms with E-state index in [1.807, 2.05) is 4.90 Å². The molecule has 1 aromatic rings. The van der Waals surface area contributed by atoms with Gasteiger partial charge in [-0.3, -0.25) is 9.59 Å². The van der Waals surface area contributed by atoms with Crippen molar-refractivity contribution in [3.05, 3.63) is 33.3 Å². The summed E-state index contributed by atoms with van der Waals surface area (Å²) in [6.07, 6.45) is 2.36. The fraction of sp³-hybridized carbons (Fsp3) is 0.467. The Morgan fingerprint density at radius 2 is 2.05 bits per heavy atom. The smallest absolute Gasteiger partial charge is 0.253 e. The molecule has 112 valence electrons. The number of halogens is 2. The Labute approximate surface area is 137 Å². The summed E-state index contributed by atoms with van der Waals surface area (Å²) in [7, 11) is 0. The Balaban J connectivity index is 1.67. The molecule has 2 aliphatic heterocycles. The van der Waals surface area contributed by atoms with Crippen LogP contribution in [0.25, 0.3) is 0 Å². The third kappa shape index (κ3) is 2.94. The molecule has 21 heavy (non-hydrogen) atoms. The van der Waals surface area contributed by atoms with Crippen LogP contribution >= 0.6 is 27.5 Å². The SMILES string of the molecule is O=C1CC2(CCN(C(=O)c3ccc(Cl)c(Br)c3)CC2)CN1. The number of piperidine rings is 1. The average Bonchev–Trinajstić information content (AvgIpc) is 2.83. The molecule has 0 radical (unpaired) electrons. The molecular weight excluding hydrogens is 356 g/mol. The number of nitrogens with one attached hydrogen (secondary N) is 1. The molecule has 0 aliphatic carbocycles. The molecule has 1 aromatic carbocycles. The molecule has 0 atom stereocenters. The summed E-state index contributed by atoms with van der Waals surface area (Å²) in [5, 5.41) is 3.50. The lowest BCUT2D eigenvalue weighted by atomic mass is 9.77. The highest BCUT2D eigenvalue weighted by Gasteiger charge is 2.41. The molecule has 2 amide bonds. The summed E-state index contributed by atoms with van der Waals surface area (Å²) >= 11 is 9.30. The lowest BCUT2D eigenvalue weighted by Crippen LogP contribution is -2.44. The van der Waals surface area contributed by atoms with E-state index in [1.54, 1.807) is 18.2 Å². The van der Waals surface area contributed by atoms with Crippen LogP contribution in [0.15, 0.2) is 22.7 Å². The summed E-state index contributed by atoms with van der Waals surface area (Å²) in [5.74, 6) is 0.163. The maximum atomic E-state index is 12.5. The van der Waals surface area contributed by atoms with E-state index in [4.69, 9.17) is 11.6 Å². The molecule has 0 bridgehead atoms. The third-order valence-corrected chi connectivity index (χ3v) is 5.69. The van der Waals surface area contributed by atoms with E-state index in [0.717, 1.165) is 23.9 Å². The molecule has 3 rings (SSSR count). The summed E-state index contributed by atoms with van der Waals surface area (Å²) in [6.45, 7) is 2.16. The summed E-state index contributed by atoms with van der Waals surface area (Å²) in [4.78, 5) is 25.8. The van der Waals surface area contributed by atoms with Crippen molar-refractivity contribution < 1.29 is 9.59 Å². The second-order valence-corrected chi connectivity index (χ2v) is 7.14. The molecule has 1 N–H and O–H groups in total. The maximum Gasteiger partial charge on any atom is 0.253 e. The molecule has 4 nitrogen and oxygen atoms in total. The van der Waals surface area contributed by atoms with Crippen molar-refractivity contribution in [2.45, 2.75) is 19.3 Å². The number of carbonyl (C=O) groups is 2. The van der Waals surface area contributed by atoms with Gasteiger partial charge in [0.15, 0.2) is 0 Å². The topological polar surface area (TPSA) is 49.4 Å². The number of hydrogen-bond acceptors (Lipinski definition) is 2. The Hall–Kier alpha value is -1.07. The average molecular weight is 372 g/mol. The van der Waals surface area contributed by atoms with Crippen molar-refractivity contribution >= 4 is 39.3 Å². The van der Waals surface area contributed by atoms with Gasteiger partial charge in [-0.25, -0.2) is 0 Å². The predicted molar refractivity (Wildman–Crippen MR) is 84.3 cm³/mol. The molecule has 1 spiro atoms.